The molecule has 0 bridgehead atoms. The predicted octanol–water partition coefficient (Wildman–Crippen LogP) is 2.61. The zero-order valence-electron chi connectivity index (χ0n) is 6.13. The first-order valence-corrected chi connectivity index (χ1v) is 4.32. The predicted molar refractivity (Wildman–Crippen MR) is 48.5 cm³/mol. The lowest BCUT2D eigenvalue weighted by molar-refractivity contribution is 1.18. The monoisotopic (exact) mass is 153 g/mol. The van der Waals surface area contributed by atoms with Crippen LogP contribution in [0.25, 0.3) is 0 Å². The lowest BCUT2D eigenvalue weighted by Crippen LogP contribution is -1.73. The van der Waals surface area contributed by atoms with Crippen molar-refractivity contribution in [3.8, 4) is 0 Å². The Bertz CT molecular complexity index is 191. The van der Waals surface area contributed by atoms with Crippen LogP contribution < -0.4 is 0 Å². The van der Waals surface area contributed by atoms with E-state index in [1.54, 1.807) is 11.8 Å². The fourth-order valence-electron chi connectivity index (χ4n) is 0.960. The van der Waals surface area contributed by atoms with Gasteiger partial charge in [0.15, 0.2) is 0 Å². The van der Waals surface area contributed by atoms with E-state index in [4.69, 9.17) is 0 Å². The number of aliphatic imine (C=N–C) groups is 1. The first-order chi connectivity index (χ1) is 4.88. The van der Waals surface area contributed by atoms with E-state index in [0.717, 1.165) is 17.2 Å². The number of rotatable bonds is 2. The molecule has 1 nitrogen and oxygen atoms in total. The van der Waals surface area contributed by atoms with Crippen LogP contribution in [0.2, 0.25) is 0 Å². The summed E-state index contributed by atoms with van der Waals surface area (Å²) >= 11 is 1.79. The van der Waals surface area contributed by atoms with Crippen LogP contribution in [0.15, 0.2) is 27.7 Å². The van der Waals surface area contributed by atoms with E-state index in [2.05, 4.69) is 17.8 Å². The highest BCUT2D eigenvalue weighted by Crippen LogP contribution is 2.32. The van der Waals surface area contributed by atoms with E-state index in [1.165, 1.54) is 5.57 Å². The highest BCUT2D eigenvalue weighted by atomic mass is 32.2. The number of nitrogens with zero attached hydrogens (tertiary/aromatic N) is 1. The van der Waals surface area contributed by atoms with Gasteiger partial charge in [0.2, 0.25) is 0 Å². The van der Waals surface area contributed by atoms with Gasteiger partial charge in [-0.15, -0.1) is 11.8 Å². The van der Waals surface area contributed by atoms with Crippen molar-refractivity contribution in [3.05, 3.63) is 22.8 Å². The molecule has 0 saturated carbocycles. The van der Waals surface area contributed by atoms with Crippen molar-refractivity contribution in [2.45, 2.75) is 13.3 Å². The molecule has 0 aromatic rings. The van der Waals surface area contributed by atoms with Crippen LogP contribution in [0.4, 0.5) is 0 Å². The maximum absolute atomic E-state index is 3.93. The maximum atomic E-state index is 3.93. The Kier molecular flexibility index (Phi) is 2.75. The number of thioether (sulfide) groups is 1. The van der Waals surface area contributed by atoms with E-state index >= 15 is 0 Å². The lowest BCUT2D eigenvalue weighted by atomic mass is 10.2. The molecule has 0 aromatic heterocycles. The SMILES string of the molecule is C=NC1=C(/C=C\C)CCS1. The van der Waals surface area contributed by atoms with E-state index < -0.39 is 0 Å². The second-order valence-electron chi connectivity index (χ2n) is 2.09. The Balaban J connectivity index is 2.77. The molecule has 0 atom stereocenters. The van der Waals surface area contributed by atoms with Crippen LogP contribution in [0.5, 0.6) is 0 Å². The molecule has 1 aliphatic rings. The summed E-state index contributed by atoms with van der Waals surface area (Å²) in [6.07, 6.45) is 5.31. The average molecular weight is 153 g/mol. The molecule has 1 rings (SSSR count). The van der Waals surface area contributed by atoms with Crippen LogP contribution in [-0.2, 0) is 0 Å². The molecule has 2 heteroatoms. The Morgan fingerprint density at radius 1 is 1.70 bits per heavy atom. The Labute approximate surface area is 65.9 Å². The van der Waals surface area contributed by atoms with E-state index in [9.17, 15) is 0 Å². The first kappa shape index (κ1) is 7.61. The fraction of sp³-hybridized carbons (Fsp3) is 0.375. The van der Waals surface area contributed by atoms with Crippen molar-refractivity contribution in [2.24, 2.45) is 4.99 Å². The van der Waals surface area contributed by atoms with Crippen LogP contribution >= 0.6 is 11.8 Å². The highest BCUT2D eigenvalue weighted by Gasteiger charge is 2.10. The molecule has 0 unspecified atom stereocenters. The quantitative estimate of drug-likeness (QED) is 0.555. The Morgan fingerprint density at radius 2 is 2.50 bits per heavy atom. The molecule has 0 spiro atoms. The summed E-state index contributed by atoms with van der Waals surface area (Å²) in [7, 11) is 0. The third kappa shape index (κ3) is 1.51. The summed E-state index contributed by atoms with van der Waals surface area (Å²) in [4.78, 5) is 3.93. The number of hydrogen-bond acceptors (Lipinski definition) is 2. The zero-order chi connectivity index (χ0) is 7.40. The summed E-state index contributed by atoms with van der Waals surface area (Å²) in [6.45, 7) is 5.54. The van der Waals surface area contributed by atoms with Crippen molar-refractivity contribution in [1.29, 1.82) is 0 Å². The second-order valence-corrected chi connectivity index (χ2v) is 3.17. The number of hydrogen-bond donors (Lipinski definition) is 0. The van der Waals surface area contributed by atoms with Gasteiger partial charge in [-0.25, -0.2) is 0 Å². The summed E-state index contributed by atoms with van der Waals surface area (Å²) in [6, 6.07) is 0. The van der Waals surface area contributed by atoms with Crippen molar-refractivity contribution in [2.75, 3.05) is 5.75 Å². The zero-order valence-corrected chi connectivity index (χ0v) is 6.95. The standard InChI is InChI=1S/C8H11NS/c1-3-4-7-5-6-10-8(7)9-2/h3-4H,2,5-6H2,1H3/b4-3-. The Hall–Kier alpha value is -0.500. The van der Waals surface area contributed by atoms with Gasteiger partial charge in [-0.2, -0.15) is 0 Å². The summed E-state index contributed by atoms with van der Waals surface area (Å²) in [5.74, 6) is 1.16. The first-order valence-electron chi connectivity index (χ1n) is 3.34. The van der Waals surface area contributed by atoms with Crippen LogP contribution in [0.1, 0.15) is 13.3 Å². The van der Waals surface area contributed by atoms with Crippen LogP contribution in [-0.4, -0.2) is 12.5 Å². The van der Waals surface area contributed by atoms with Gasteiger partial charge in [-0.1, -0.05) is 12.2 Å². The third-order valence-electron chi connectivity index (χ3n) is 1.40. The molecule has 0 aliphatic carbocycles. The minimum atomic E-state index is 1.11. The molecule has 0 saturated heterocycles. The number of allylic oxidation sites excluding steroid dienone is 3. The van der Waals surface area contributed by atoms with Gasteiger partial charge in [-0.05, 0) is 25.6 Å². The molecule has 1 heterocycles. The molecule has 0 radical (unpaired) electrons. The second kappa shape index (κ2) is 3.62. The van der Waals surface area contributed by atoms with Crippen LogP contribution in [0, 0.1) is 0 Å². The third-order valence-corrected chi connectivity index (χ3v) is 2.47. The van der Waals surface area contributed by atoms with Gasteiger partial charge in [0.25, 0.3) is 0 Å². The molecular formula is C8H11NS. The molecule has 0 fully saturated rings. The van der Waals surface area contributed by atoms with Gasteiger partial charge in [-0.3, -0.25) is 4.99 Å². The van der Waals surface area contributed by atoms with Gasteiger partial charge in [0.05, 0.1) is 5.03 Å². The normalized spacial score (nSPS) is 18.9. The molecule has 0 aromatic carbocycles. The summed E-state index contributed by atoms with van der Waals surface area (Å²) in [5, 5.41) is 1.11. The van der Waals surface area contributed by atoms with Crippen molar-refractivity contribution >= 4 is 18.5 Å². The van der Waals surface area contributed by atoms with E-state index in [-0.39, 0.29) is 0 Å². The van der Waals surface area contributed by atoms with E-state index in [0.29, 0.717) is 0 Å². The molecule has 0 N–H and O–H groups in total. The molecule has 0 amide bonds. The van der Waals surface area contributed by atoms with Gasteiger partial charge >= 0.3 is 0 Å². The van der Waals surface area contributed by atoms with Crippen molar-refractivity contribution < 1.29 is 0 Å². The van der Waals surface area contributed by atoms with Gasteiger partial charge < -0.3 is 0 Å². The molecule has 54 valence electrons. The van der Waals surface area contributed by atoms with Gasteiger partial charge in [0, 0.05) is 5.75 Å². The average Bonchev–Trinajstić information content (AvgIpc) is 2.36. The molecule has 10 heavy (non-hydrogen) atoms. The summed E-state index contributed by atoms with van der Waals surface area (Å²) < 4.78 is 0. The minimum absolute atomic E-state index is 1.11. The Morgan fingerprint density at radius 3 is 3.10 bits per heavy atom. The lowest BCUT2D eigenvalue weighted by Gasteiger charge is -1.91. The largest absolute Gasteiger partial charge is 0.257 e. The molecular weight excluding hydrogens is 142 g/mol. The van der Waals surface area contributed by atoms with Crippen molar-refractivity contribution in [1.82, 2.24) is 0 Å². The maximum Gasteiger partial charge on any atom is 0.0984 e. The minimum Gasteiger partial charge on any atom is -0.257 e. The fourth-order valence-corrected chi connectivity index (χ4v) is 1.92. The topological polar surface area (TPSA) is 12.4 Å². The highest BCUT2D eigenvalue weighted by molar-refractivity contribution is 8.03. The molecule has 1 aliphatic heterocycles. The van der Waals surface area contributed by atoms with E-state index in [1.807, 2.05) is 13.0 Å². The van der Waals surface area contributed by atoms with Crippen LogP contribution in [0.3, 0.4) is 0 Å². The smallest absolute Gasteiger partial charge is 0.0984 e. The van der Waals surface area contributed by atoms with Gasteiger partial charge in [0.1, 0.15) is 0 Å². The summed E-state index contributed by atoms with van der Waals surface area (Å²) in [5.41, 5.74) is 1.34. The van der Waals surface area contributed by atoms with Crippen molar-refractivity contribution in [3.63, 3.8) is 0 Å².